The van der Waals surface area contributed by atoms with Crippen molar-refractivity contribution in [3.63, 3.8) is 0 Å². The van der Waals surface area contributed by atoms with Gasteiger partial charge in [0, 0.05) is 20.3 Å². The first-order chi connectivity index (χ1) is 9.94. The summed E-state index contributed by atoms with van der Waals surface area (Å²) in [6, 6.07) is 4.49. The molecule has 2 aromatic rings. The van der Waals surface area contributed by atoms with Crippen LogP contribution < -0.4 is 16.0 Å². The van der Waals surface area contributed by atoms with E-state index >= 15 is 0 Å². The zero-order valence-corrected chi connectivity index (χ0v) is 11.4. The summed E-state index contributed by atoms with van der Waals surface area (Å²) in [4.78, 5) is 7.92. The van der Waals surface area contributed by atoms with Gasteiger partial charge in [-0.3, -0.25) is 0 Å². The molecule has 2 rings (SSSR count). The summed E-state index contributed by atoms with van der Waals surface area (Å²) in [7, 11) is 3.27. The first kappa shape index (κ1) is 14.9. The van der Waals surface area contributed by atoms with Crippen molar-refractivity contribution in [2.24, 2.45) is 0 Å². The molecule has 0 aliphatic carbocycles. The van der Waals surface area contributed by atoms with Crippen molar-refractivity contribution in [1.29, 1.82) is 0 Å². The van der Waals surface area contributed by atoms with Crippen molar-refractivity contribution in [2.75, 3.05) is 30.0 Å². The molecule has 0 spiro atoms. The van der Waals surface area contributed by atoms with Crippen LogP contribution in [-0.4, -0.2) is 24.1 Å². The molecule has 5 nitrogen and oxygen atoms in total. The van der Waals surface area contributed by atoms with Gasteiger partial charge in [-0.1, -0.05) is 0 Å². The quantitative estimate of drug-likeness (QED) is 0.808. The van der Waals surface area contributed by atoms with Gasteiger partial charge in [0.1, 0.15) is 5.82 Å². The fraction of sp³-hybridized carbons (Fsp3) is 0.231. The molecule has 0 unspecified atom stereocenters. The zero-order valence-electron chi connectivity index (χ0n) is 11.4. The normalized spacial score (nSPS) is 11.1. The number of aromatic nitrogens is 2. The summed E-state index contributed by atoms with van der Waals surface area (Å²) >= 11 is 0. The van der Waals surface area contributed by atoms with Crippen LogP contribution in [-0.2, 0) is 6.18 Å². The molecule has 0 fully saturated rings. The molecule has 0 aliphatic rings. The van der Waals surface area contributed by atoms with Gasteiger partial charge in [-0.05, 0) is 18.2 Å². The smallest absolute Gasteiger partial charge is 0.385 e. The number of rotatable bonds is 4. The molecule has 3 N–H and O–H groups in total. The number of nitrogens with zero attached hydrogens (tertiary/aromatic N) is 2. The number of anilines is 4. The van der Waals surface area contributed by atoms with E-state index in [9.17, 15) is 13.2 Å². The third-order valence-electron chi connectivity index (χ3n) is 2.77. The minimum absolute atomic E-state index is 0.252. The largest absolute Gasteiger partial charge is 0.417 e. The van der Waals surface area contributed by atoms with Gasteiger partial charge in [0.05, 0.1) is 23.1 Å². The number of halogens is 3. The Morgan fingerprint density at radius 1 is 1.00 bits per heavy atom. The van der Waals surface area contributed by atoms with Crippen LogP contribution in [0.25, 0.3) is 0 Å². The lowest BCUT2D eigenvalue weighted by molar-refractivity contribution is -0.137. The van der Waals surface area contributed by atoms with Gasteiger partial charge < -0.3 is 16.0 Å². The second-order valence-electron chi connectivity index (χ2n) is 4.18. The average molecular weight is 297 g/mol. The van der Waals surface area contributed by atoms with E-state index in [1.165, 1.54) is 7.05 Å². The molecule has 8 heteroatoms. The highest BCUT2D eigenvalue weighted by Gasteiger charge is 2.31. The van der Waals surface area contributed by atoms with Gasteiger partial charge >= 0.3 is 6.18 Å². The maximum atomic E-state index is 12.6. The molecule has 0 aromatic carbocycles. The predicted octanol–water partition coefficient (Wildman–Crippen LogP) is 3.32. The number of pyridine rings is 2. The van der Waals surface area contributed by atoms with Crippen LogP contribution in [0.3, 0.4) is 0 Å². The Morgan fingerprint density at radius 2 is 1.76 bits per heavy atom. The topological polar surface area (TPSA) is 61.9 Å². The van der Waals surface area contributed by atoms with E-state index < -0.39 is 11.7 Å². The minimum Gasteiger partial charge on any atom is -0.385 e. The fourth-order valence-electron chi connectivity index (χ4n) is 1.66. The van der Waals surface area contributed by atoms with Crippen LogP contribution in [0.15, 0.2) is 30.6 Å². The van der Waals surface area contributed by atoms with Crippen molar-refractivity contribution in [1.82, 2.24) is 9.97 Å². The fourth-order valence-corrected chi connectivity index (χ4v) is 1.66. The van der Waals surface area contributed by atoms with Crippen LogP contribution in [0.5, 0.6) is 0 Å². The van der Waals surface area contributed by atoms with E-state index in [1.54, 1.807) is 25.4 Å². The summed E-state index contributed by atoms with van der Waals surface area (Å²) in [5, 5.41) is 8.49. The summed E-state index contributed by atoms with van der Waals surface area (Å²) in [5.41, 5.74) is 0.0707. The SMILES string of the molecule is CNc1ccc(Nc2ncc(C(F)(F)F)cc2NC)cn1. The van der Waals surface area contributed by atoms with Crippen LogP contribution in [0.4, 0.5) is 36.2 Å². The Kier molecular flexibility index (Phi) is 4.15. The van der Waals surface area contributed by atoms with Crippen LogP contribution in [0.1, 0.15) is 5.56 Å². The summed E-state index contributed by atoms with van der Waals surface area (Å²) in [5.74, 6) is 0.985. The molecular weight excluding hydrogens is 283 g/mol. The second-order valence-corrected chi connectivity index (χ2v) is 4.18. The first-order valence-electron chi connectivity index (χ1n) is 6.10. The maximum Gasteiger partial charge on any atom is 0.417 e. The summed E-state index contributed by atoms with van der Waals surface area (Å²) in [6.07, 6.45) is -2.07. The van der Waals surface area contributed by atoms with E-state index in [0.717, 1.165) is 12.3 Å². The van der Waals surface area contributed by atoms with E-state index in [4.69, 9.17) is 0 Å². The monoisotopic (exact) mass is 297 g/mol. The number of hydrogen-bond donors (Lipinski definition) is 3. The number of hydrogen-bond acceptors (Lipinski definition) is 5. The Hall–Kier alpha value is -2.51. The van der Waals surface area contributed by atoms with Crippen molar-refractivity contribution >= 4 is 23.0 Å². The Morgan fingerprint density at radius 3 is 2.29 bits per heavy atom. The highest BCUT2D eigenvalue weighted by Crippen LogP contribution is 2.33. The molecule has 21 heavy (non-hydrogen) atoms. The van der Waals surface area contributed by atoms with Crippen molar-refractivity contribution in [3.05, 3.63) is 36.2 Å². The van der Waals surface area contributed by atoms with Gasteiger partial charge in [0.2, 0.25) is 0 Å². The lowest BCUT2D eigenvalue weighted by Crippen LogP contribution is -2.08. The summed E-state index contributed by atoms with van der Waals surface area (Å²) in [6.45, 7) is 0. The third kappa shape index (κ3) is 3.53. The standard InChI is InChI=1S/C13H14F3N5/c1-17-10-5-8(13(14,15)16)6-20-12(10)21-9-3-4-11(18-2)19-7-9/h3-7,17H,1-2H3,(H,18,19)(H,20,21). The molecule has 0 amide bonds. The molecule has 112 valence electrons. The first-order valence-corrected chi connectivity index (χ1v) is 6.10. The molecule has 0 atom stereocenters. The molecular formula is C13H14F3N5. The Balaban J connectivity index is 2.26. The second kappa shape index (κ2) is 5.86. The van der Waals surface area contributed by atoms with Crippen LogP contribution in [0.2, 0.25) is 0 Å². The number of nitrogens with one attached hydrogen (secondary N) is 3. The molecule has 0 aliphatic heterocycles. The molecule has 0 radical (unpaired) electrons. The van der Waals surface area contributed by atoms with Crippen molar-refractivity contribution in [2.45, 2.75) is 6.18 Å². The van der Waals surface area contributed by atoms with E-state index in [1.807, 2.05) is 0 Å². The Bertz CT molecular complexity index is 610. The van der Waals surface area contributed by atoms with E-state index in [-0.39, 0.29) is 5.69 Å². The van der Waals surface area contributed by atoms with Crippen molar-refractivity contribution < 1.29 is 13.2 Å². The lowest BCUT2D eigenvalue weighted by Gasteiger charge is -2.13. The zero-order chi connectivity index (χ0) is 15.5. The average Bonchev–Trinajstić information content (AvgIpc) is 2.47. The Labute approximate surface area is 119 Å². The third-order valence-corrected chi connectivity index (χ3v) is 2.77. The molecule has 0 bridgehead atoms. The van der Waals surface area contributed by atoms with Gasteiger partial charge in [-0.15, -0.1) is 0 Å². The predicted molar refractivity (Wildman–Crippen MR) is 75.9 cm³/mol. The van der Waals surface area contributed by atoms with Gasteiger partial charge in [0.25, 0.3) is 0 Å². The van der Waals surface area contributed by atoms with Crippen molar-refractivity contribution in [3.8, 4) is 0 Å². The van der Waals surface area contributed by atoms with Crippen LogP contribution >= 0.6 is 0 Å². The van der Waals surface area contributed by atoms with Gasteiger partial charge in [0.15, 0.2) is 5.82 Å². The maximum absolute atomic E-state index is 12.6. The number of alkyl halides is 3. The van der Waals surface area contributed by atoms with E-state index in [0.29, 0.717) is 17.3 Å². The minimum atomic E-state index is -4.42. The van der Waals surface area contributed by atoms with Gasteiger partial charge in [-0.25, -0.2) is 9.97 Å². The highest BCUT2D eigenvalue weighted by molar-refractivity contribution is 5.71. The van der Waals surface area contributed by atoms with Gasteiger partial charge in [-0.2, -0.15) is 13.2 Å². The molecule has 2 heterocycles. The van der Waals surface area contributed by atoms with E-state index in [2.05, 4.69) is 25.9 Å². The highest BCUT2D eigenvalue weighted by atomic mass is 19.4. The lowest BCUT2D eigenvalue weighted by atomic mass is 10.2. The molecule has 2 aromatic heterocycles. The van der Waals surface area contributed by atoms with Crippen LogP contribution in [0, 0.1) is 0 Å². The molecule has 0 saturated heterocycles. The summed E-state index contributed by atoms with van der Waals surface area (Å²) < 4.78 is 37.9. The molecule has 0 saturated carbocycles.